The highest BCUT2D eigenvalue weighted by atomic mass is 16.5. The van der Waals surface area contributed by atoms with Gasteiger partial charge in [0.2, 0.25) is 5.91 Å². The summed E-state index contributed by atoms with van der Waals surface area (Å²) in [5, 5.41) is 15.6. The standard InChI is InChI=1S/C15H30N2O3/c1-14(2)7-11(8-15(3,4)17-14)6-13(19)16-12(9-18)10-20-5/h11-12,17-18H,6-10H2,1-5H3,(H,16,19)/t12-/m0/s1. The Bertz CT molecular complexity index is 313. The summed E-state index contributed by atoms with van der Waals surface area (Å²) in [6, 6.07) is -0.310. The summed E-state index contributed by atoms with van der Waals surface area (Å²) in [7, 11) is 1.56. The van der Waals surface area contributed by atoms with Crippen molar-refractivity contribution < 1.29 is 14.6 Å². The van der Waals surface area contributed by atoms with E-state index >= 15 is 0 Å². The Morgan fingerprint density at radius 3 is 2.35 bits per heavy atom. The topological polar surface area (TPSA) is 70.6 Å². The lowest BCUT2D eigenvalue weighted by Crippen LogP contribution is -2.58. The van der Waals surface area contributed by atoms with E-state index in [4.69, 9.17) is 4.74 Å². The molecule has 20 heavy (non-hydrogen) atoms. The summed E-state index contributed by atoms with van der Waals surface area (Å²) in [6.45, 7) is 8.97. The van der Waals surface area contributed by atoms with E-state index in [1.165, 1.54) is 0 Å². The molecule has 1 aliphatic rings. The van der Waals surface area contributed by atoms with Crippen LogP contribution < -0.4 is 10.6 Å². The smallest absolute Gasteiger partial charge is 0.220 e. The van der Waals surface area contributed by atoms with Crippen molar-refractivity contribution in [2.45, 2.75) is 64.1 Å². The molecule has 5 heteroatoms. The van der Waals surface area contributed by atoms with Gasteiger partial charge in [0.25, 0.3) is 0 Å². The minimum absolute atomic E-state index is 0.000370. The molecule has 0 spiro atoms. The van der Waals surface area contributed by atoms with Gasteiger partial charge in [-0.05, 0) is 46.5 Å². The molecule has 0 aromatic heterocycles. The van der Waals surface area contributed by atoms with Gasteiger partial charge in [-0.1, -0.05) is 0 Å². The Kier molecular flexibility index (Phi) is 5.98. The fourth-order valence-electron chi connectivity index (χ4n) is 3.57. The molecule has 5 nitrogen and oxygen atoms in total. The van der Waals surface area contributed by atoms with E-state index in [1.54, 1.807) is 7.11 Å². The quantitative estimate of drug-likeness (QED) is 0.683. The molecule has 1 fully saturated rings. The maximum absolute atomic E-state index is 12.1. The molecular weight excluding hydrogens is 256 g/mol. The zero-order chi connectivity index (χ0) is 15.4. The predicted molar refractivity (Wildman–Crippen MR) is 79.5 cm³/mol. The summed E-state index contributed by atoms with van der Waals surface area (Å²) in [6.07, 6.45) is 2.48. The zero-order valence-corrected chi connectivity index (χ0v) is 13.5. The van der Waals surface area contributed by atoms with E-state index in [0.717, 1.165) is 12.8 Å². The molecule has 1 aliphatic heterocycles. The van der Waals surface area contributed by atoms with E-state index in [-0.39, 0.29) is 29.6 Å². The Morgan fingerprint density at radius 1 is 1.35 bits per heavy atom. The summed E-state index contributed by atoms with van der Waals surface area (Å²) in [4.78, 5) is 12.1. The average molecular weight is 286 g/mol. The van der Waals surface area contributed by atoms with Gasteiger partial charge in [0.15, 0.2) is 0 Å². The molecule has 0 bridgehead atoms. The summed E-state index contributed by atoms with van der Waals surface area (Å²) in [5.74, 6) is 0.364. The van der Waals surface area contributed by atoms with Crippen molar-refractivity contribution in [3.8, 4) is 0 Å². The highest BCUT2D eigenvalue weighted by molar-refractivity contribution is 5.76. The Morgan fingerprint density at radius 2 is 1.90 bits per heavy atom. The summed E-state index contributed by atoms with van der Waals surface area (Å²) in [5.41, 5.74) is 0.102. The minimum atomic E-state index is -0.310. The van der Waals surface area contributed by atoms with Crippen LogP contribution in [0.25, 0.3) is 0 Å². The number of ether oxygens (including phenoxy) is 1. The van der Waals surface area contributed by atoms with E-state index < -0.39 is 0 Å². The van der Waals surface area contributed by atoms with Crippen molar-refractivity contribution in [1.29, 1.82) is 0 Å². The van der Waals surface area contributed by atoms with Gasteiger partial charge in [-0.15, -0.1) is 0 Å². The number of amides is 1. The lowest BCUT2D eigenvalue weighted by atomic mass is 9.74. The molecule has 1 amide bonds. The summed E-state index contributed by atoms with van der Waals surface area (Å²) >= 11 is 0. The molecule has 118 valence electrons. The third kappa shape index (κ3) is 5.77. The Balaban J connectivity index is 2.52. The number of rotatable bonds is 6. The van der Waals surface area contributed by atoms with Crippen molar-refractivity contribution in [3.63, 3.8) is 0 Å². The lowest BCUT2D eigenvalue weighted by Gasteiger charge is -2.46. The van der Waals surface area contributed by atoms with Crippen molar-refractivity contribution in [2.75, 3.05) is 20.3 Å². The van der Waals surface area contributed by atoms with E-state index in [1.807, 2.05) is 0 Å². The van der Waals surface area contributed by atoms with Crippen LogP contribution in [0.15, 0.2) is 0 Å². The molecule has 3 N–H and O–H groups in total. The second-order valence-electron chi connectivity index (χ2n) is 7.27. The van der Waals surface area contributed by atoms with Gasteiger partial charge in [-0.3, -0.25) is 4.79 Å². The van der Waals surface area contributed by atoms with Crippen LogP contribution in [0.1, 0.15) is 47.0 Å². The molecular formula is C15H30N2O3. The lowest BCUT2D eigenvalue weighted by molar-refractivity contribution is -0.124. The number of hydrogen-bond donors (Lipinski definition) is 3. The molecule has 1 saturated heterocycles. The number of aliphatic hydroxyl groups excluding tert-OH is 1. The largest absolute Gasteiger partial charge is 0.394 e. The van der Waals surface area contributed by atoms with Gasteiger partial charge < -0.3 is 20.5 Å². The second kappa shape index (κ2) is 6.87. The molecule has 1 rings (SSSR count). The number of nitrogens with one attached hydrogen (secondary N) is 2. The van der Waals surface area contributed by atoms with E-state index in [0.29, 0.717) is 18.9 Å². The minimum Gasteiger partial charge on any atom is -0.394 e. The monoisotopic (exact) mass is 286 g/mol. The summed E-state index contributed by atoms with van der Waals surface area (Å²) < 4.78 is 4.97. The molecule has 0 radical (unpaired) electrons. The highest BCUT2D eigenvalue weighted by Crippen LogP contribution is 2.34. The molecule has 0 saturated carbocycles. The van der Waals surface area contributed by atoms with Gasteiger partial charge in [0.1, 0.15) is 0 Å². The highest BCUT2D eigenvalue weighted by Gasteiger charge is 2.38. The maximum atomic E-state index is 12.1. The molecule has 0 aliphatic carbocycles. The van der Waals surface area contributed by atoms with Gasteiger partial charge in [0.05, 0.1) is 19.3 Å². The zero-order valence-electron chi connectivity index (χ0n) is 13.5. The van der Waals surface area contributed by atoms with Crippen LogP contribution in [0.4, 0.5) is 0 Å². The third-order valence-electron chi connectivity index (χ3n) is 3.70. The molecule has 0 unspecified atom stereocenters. The number of aliphatic hydroxyl groups is 1. The third-order valence-corrected chi connectivity index (χ3v) is 3.70. The van der Waals surface area contributed by atoms with Crippen LogP contribution in [-0.4, -0.2) is 48.5 Å². The Labute approximate surface area is 122 Å². The maximum Gasteiger partial charge on any atom is 0.220 e. The van der Waals surface area contributed by atoms with Crippen molar-refractivity contribution in [1.82, 2.24) is 10.6 Å². The van der Waals surface area contributed by atoms with Crippen LogP contribution in [-0.2, 0) is 9.53 Å². The first kappa shape index (κ1) is 17.4. The van der Waals surface area contributed by atoms with Crippen LogP contribution in [0.5, 0.6) is 0 Å². The number of carbonyl (C=O) groups is 1. The predicted octanol–water partition coefficient (Wildman–Crippen LogP) is 1.06. The van der Waals surface area contributed by atoms with Crippen LogP contribution in [0, 0.1) is 5.92 Å². The van der Waals surface area contributed by atoms with Crippen LogP contribution >= 0.6 is 0 Å². The van der Waals surface area contributed by atoms with Gasteiger partial charge in [0, 0.05) is 24.6 Å². The van der Waals surface area contributed by atoms with Gasteiger partial charge >= 0.3 is 0 Å². The first-order chi connectivity index (χ1) is 9.17. The molecule has 1 atom stereocenters. The van der Waals surface area contributed by atoms with E-state index in [2.05, 4.69) is 38.3 Å². The Hall–Kier alpha value is -0.650. The SMILES string of the molecule is COC[C@H](CO)NC(=O)CC1CC(C)(C)NC(C)(C)C1. The van der Waals surface area contributed by atoms with Crippen LogP contribution in [0.2, 0.25) is 0 Å². The average Bonchev–Trinajstić information content (AvgIpc) is 2.23. The van der Waals surface area contributed by atoms with Crippen LogP contribution in [0.3, 0.4) is 0 Å². The van der Waals surface area contributed by atoms with Crippen molar-refractivity contribution >= 4 is 5.91 Å². The first-order valence-corrected chi connectivity index (χ1v) is 7.36. The fourth-order valence-corrected chi connectivity index (χ4v) is 3.57. The molecule has 1 heterocycles. The van der Waals surface area contributed by atoms with Gasteiger partial charge in [-0.25, -0.2) is 0 Å². The fraction of sp³-hybridized carbons (Fsp3) is 0.933. The number of piperidine rings is 1. The molecule has 0 aromatic carbocycles. The molecule has 0 aromatic rings. The normalized spacial score (nSPS) is 23.3. The van der Waals surface area contributed by atoms with Crippen molar-refractivity contribution in [2.24, 2.45) is 5.92 Å². The number of carbonyl (C=O) groups excluding carboxylic acids is 1. The van der Waals surface area contributed by atoms with Crippen molar-refractivity contribution in [3.05, 3.63) is 0 Å². The first-order valence-electron chi connectivity index (χ1n) is 7.36. The van der Waals surface area contributed by atoms with E-state index in [9.17, 15) is 9.90 Å². The second-order valence-corrected chi connectivity index (χ2v) is 7.27. The number of hydrogen-bond acceptors (Lipinski definition) is 4. The number of methoxy groups -OCH3 is 1. The van der Waals surface area contributed by atoms with Gasteiger partial charge in [-0.2, -0.15) is 0 Å².